The van der Waals surface area contributed by atoms with Gasteiger partial charge in [0.2, 0.25) is 0 Å². The number of carbonyl (C=O) groups is 1. The van der Waals surface area contributed by atoms with E-state index in [1.54, 1.807) is 0 Å². The summed E-state index contributed by atoms with van der Waals surface area (Å²) in [4.78, 5) is 33.3. The summed E-state index contributed by atoms with van der Waals surface area (Å²) < 4.78 is 0. The first kappa shape index (κ1) is 24.5. The molecule has 1 aromatic rings. The summed E-state index contributed by atoms with van der Waals surface area (Å²) >= 11 is 0. The number of amides is 1. The highest BCUT2D eigenvalue weighted by Gasteiger charge is 2.25. The van der Waals surface area contributed by atoms with Gasteiger partial charge in [-0.1, -0.05) is 64.7 Å². The van der Waals surface area contributed by atoms with Crippen molar-refractivity contribution in [3.8, 4) is 0 Å². The molecule has 0 aliphatic carbocycles. The molecule has 1 amide bonds. The molecular weight excluding hydrogens is 374 g/mol. The van der Waals surface area contributed by atoms with Crippen molar-refractivity contribution in [2.24, 2.45) is 0 Å². The molecule has 1 aromatic carbocycles. The van der Waals surface area contributed by atoms with Crippen LogP contribution in [0.2, 0.25) is 0 Å². The molecule has 0 saturated heterocycles. The lowest BCUT2D eigenvalue weighted by molar-refractivity contribution is -0.394. The van der Waals surface area contributed by atoms with Gasteiger partial charge < -0.3 is 5.32 Å². The van der Waals surface area contributed by atoms with E-state index in [4.69, 9.17) is 0 Å². The maximum atomic E-state index is 12.5. The third kappa shape index (κ3) is 8.58. The number of nitro groups is 2. The van der Waals surface area contributed by atoms with Crippen molar-refractivity contribution in [2.45, 2.75) is 91.0 Å². The largest absolute Gasteiger partial charge is 0.350 e. The first-order valence-corrected chi connectivity index (χ1v) is 10.5. The van der Waals surface area contributed by atoms with Gasteiger partial charge in [-0.25, -0.2) is 0 Å². The highest BCUT2D eigenvalue weighted by atomic mass is 16.6. The van der Waals surface area contributed by atoms with Crippen LogP contribution in [-0.2, 0) is 0 Å². The maximum absolute atomic E-state index is 12.5. The van der Waals surface area contributed by atoms with Crippen LogP contribution in [-0.4, -0.2) is 21.8 Å². The lowest BCUT2D eigenvalue weighted by Gasteiger charge is -2.15. The molecule has 0 radical (unpaired) electrons. The molecule has 29 heavy (non-hydrogen) atoms. The van der Waals surface area contributed by atoms with Crippen molar-refractivity contribution in [2.75, 3.05) is 0 Å². The zero-order valence-electron chi connectivity index (χ0n) is 17.7. The molecule has 1 N–H and O–H groups in total. The standard InChI is InChI=1S/C21H33N3O5/c1-4-5-6-7-8-9-10-11-12-13-16(2)22-21(25)19-14-18(23(26)27)15-20(17(19)3)24(28)29/h14-16H,4-13H2,1-3H3,(H,22,25). The minimum Gasteiger partial charge on any atom is -0.350 e. The van der Waals surface area contributed by atoms with Crippen LogP contribution in [0.1, 0.15) is 94.0 Å². The molecule has 0 aromatic heterocycles. The number of hydrogen-bond acceptors (Lipinski definition) is 5. The Morgan fingerprint density at radius 1 is 0.966 bits per heavy atom. The topological polar surface area (TPSA) is 115 Å². The van der Waals surface area contributed by atoms with Crippen molar-refractivity contribution < 1.29 is 14.6 Å². The zero-order valence-corrected chi connectivity index (χ0v) is 17.7. The highest BCUT2D eigenvalue weighted by Crippen LogP contribution is 2.28. The zero-order chi connectivity index (χ0) is 21.8. The summed E-state index contributed by atoms with van der Waals surface area (Å²) in [5, 5.41) is 25.0. The number of rotatable bonds is 14. The third-order valence-corrected chi connectivity index (χ3v) is 5.14. The molecule has 0 spiro atoms. The second kappa shape index (κ2) is 12.9. The third-order valence-electron chi connectivity index (χ3n) is 5.14. The average molecular weight is 408 g/mol. The minimum absolute atomic E-state index is 0.0233. The van der Waals surface area contributed by atoms with E-state index in [0.29, 0.717) is 0 Å². The van der Waals surface area contributed by atoms with Crippen LogP contribution in [0.5, 0.6) is 0 Å². The van der Waals surface area contributed by atoms with Gasteiger partial charge in [0.25, 0.3) is 17.3 Å². The van der Waals surface area contributed by atoms with Crippen molar-refractivity contribution >= 4 is 17.3 Å². The second-order valence-electron chi connectivity index (χ2n) is 7.64. The summed E-state index contributed by atoms with van der Waals surface area (Å²) in [6, 6.07) is 1.88. The lowest BCUT2D eigenvalue weighted by atomic mass is 10.0. The molecule has 0 fully saturated rings. The Hall–Kier alpha value is -2.51. The van der Waals surface area contributed by atoms with Gasteiger partial charge in [-0.15, -0.1) is 0 Å². The van der Waals surface area contributed by atoms with Gasteiger partial charge in [0.1, 0.15) is 0 Å². The Morgan fingerprint density at radius 2 is 1.52 bits per heavy atom. The number of non-ortho nitro benzene ring substituents is 1. The van der Waals surface area contributed by atoms with Gasteiger partial charge in [-0.3, -0.25) is 25.0 Å². The van der Waals surface area contributed by atoms with Crippen LogP contribution in [0.4, 0.5) is 11.4 Å². The van der Waals surface area contributed by atoms with Crippen LogP contribution in [0.3, 0.4) is 0 Å². The second-order valence-corrected chi connectivity index (χ2v) is 7.64. The van der Waals surface area contributed by atoms with E-state index in [1.165, 1.54) is 51.9 Å². The van der Waals surface area contributed by atoms with Gasteiger partial charge in [0.15, 0.2) is 0 Å². The van der Waals surface area contributed by atoms with Gasteiger partial charge in [0.05, 0.1) is 21.5 Å². The Kier molecular flexibility index (Phi) is 10.9. The normalized spacial score (nSPS) is 11.8. The van der Waals surface area contributed by atoms with E-state index in [1.807, 2.05) is 6.92 Å². The molecular formula is C21H33N3O5. The number of nitro benzene ring substituents is 2. The van der Waals surface area contributed by atoms with E-state index < -0.39 is 27.1 Å². The van der Waals surface area contributed by atoms with Gasteiger partial charge in [-0.2, -0.15) is 0 Å². The molecule has 1 rings (SSSR count). The monoisotopic (exact) mass is 407 g/mol. The highest BCUT2D eigenvalue weighted by molar-refractivity contribution is 5.97. The van der Waals surface area contributed by atoms with Crippen LogP contribution < -0.4 is 5.32 Å². The predicted octanol–water partition coefficient (Wildman–Crippen LogP) is 5.85. The van der Waals surface area contributed by atoms with Gasteiger partial charge in [0, 0.05) is 17.7 Å². The molecule has 8 nitrogen and oxygen atoms in total. The van der Waals surface area contributed by atoms with Crippen molar-refractivity contribution in [1.29, 1.82) is 0 Å². The molecule has 8 heteroatoms. The molecule has 0 bridgehead atoms. The van der Waals surface area contributed by atoms with E-state index in [2.05, 4.69) is 12.2 Å². The quantitative estimate of drug-likeness (QED) is 0.236. The van der Waals surface area contributed by atoms with Crippen LogP contribution in [0, 0.1) is 27.2 Å². The first-order valence-electron chi connectivity index (χ1n) is 10.5. The van der Waals surface area contributed by atoms with Crippen LogP contribution in [0.15, 0.2) is 12.1 Å². The molecule has 0 saturated carbocycles. The lowest BCUT2D eigenvalue weighted by Crippen LogP contribution is -2.33. The van der Waals surface area contributed by atoms with Crippen molar-refractivity contribution in [3.05, 3.63) is 43.5 Å². The number of nitrogens with zero attached hydrogens (tertiary/aromatic N) is 2. The van der Waals surface area contributed by atoms with E-state index in [9.17, 15) is 25.0 Å². The first-order chi connectivity index (χ1) is 13.8. The molecule has 1 unspecified atom stereocenters. The number of carbonyl (C=O) groups excluding carboxylic acids is 1. The van der Waals surface area contributed by atoms with Crippen molar-refractivity contribution in [1.82, 2.24) is 5.32 Å². The summed E-state index contributed by atoms with van der Waals surface area (Å²) in [5.41, 5.74) is -0.770. The van der Waals surface area contributed by atoms with E-state index >= 15 is 0 Å². The molecule has 1 atom stereocenters. The number of nitrogens with one attached hydrogen (secondary N) is 1. The fraction of sp³-hybridized carbons (Fsp3) is 0.667. The molecule has 0 aliphatic heterocycles. The average Bonchev–Trinajstić information content (AvgIpc) is 2.66. The summed E-state index contributed by atoms with van der Waals surface area (Å²) in [6.07, 6.45) is 11.8. The van der Waals surface area contributed by atoms with Crippen LogP contribution in [0.25, 0.3) is 0 Å². The molecule has 0 heterocycles. The predicted molar refractivity (Wildman–Crippen MR) is 113 cm³/mol. The van der Waals surface area contributed by atoms with Gasteiger partial charge >= 0.3 is 0 Å². The Morgan fingerprint density at radius 3 is 2.03 bits per heavy atom. The van der Waals surface area contributed by atoms with Crippen molar-refractivity contribution in [3.63, 3.8) is 0 Å². The Bertz CT molecular complexity index is 706. The SMILES string of the molecule is CCCCCCCCCCCC(C)NC(=O)c1cc([N+](=O)[O-])cc([N+](=O)[O-])c1C. The Labute approximate surface area is 172 Å². The molecule has 162 valence electrons. The van der Waals surface area contributed by atoms with Gasteiger partial charge in [-0.05, 0) is 20.3 Å². The summed E-state index contributed by atoms with van der Waals surface area (Å²) in [6.45, 7) is 5.52. The summed E-state index contributed by atoms with van der Waals surface area (Å²) in [5.74, 6) is -0.516. The smallest absolute Gasteiger partial charge is 0.279 e. The number of hydrogen-bond donors (Lipinski definition) is 1. The van der Waals surface area contributed by atoms with Crippen LogP contribution >= 0.6 is 0 Å². The van der Waals surface area contributed by atoms with E-state index in [0.717, 1.165) is 31.4 Å². The Balaban J connectivity index is 2.50. The fourth-order valence-corrected chi connectivity index (χ4v) is 3.35. The summed E-state index contributed by atoms with van der Waals surface area (Å²) in [7, 11) is 0. The minimum atomic E-state index is -0.727. The number of unbranched alkanes of at least 4 members (excludes halogenated alkanes) is 8. The van der Waals surface area contributed by atoms with E-state index in [-0.39, 0.29) is 17.2 Å². The fourth-order valence-electron chi connectivity index (χ4n) is 3.35. The maximum Gasteiger partial charge on any atom is 0.279 e. The number of benzene rings is 1. The molecule has 0 aliphatic rings.